The predicted octanol–water partition coefficient (Wildman–Crippen LogP) is 4.78. The molecule has 0 bridgehead atoms. The van der Waals surface area contributed by atoms with E-state index < -0.39 is 0 Å². The molecule has 1 amide bonds. The van der Waals surface area contributed by atoms with Crippen LogP contribution in [0.25, 0.3) is 11.3 Å². The van der Waals surface area contributed by atoms with Gasteiger partial charge >= 0.3 is 0 Å². The second-order valence-electron chi connectivity index (χ2n) is 6.08. The molecule has 28 heavy (non-hydrogen) atoms. The fraction of sp³-hybridized carbons (Fsp3) is 0.143. The van der Waals surface area contributed by atoms with Gasteiger partial charge in [0.25, 0.3) is 5.91 Å². The minimum atomic E-state index is -0.282. The van der Waals surface area contributed by atoms with Crippen LogP contribution in [-0.2, 0) is 13.0 Å². The van der Waals surface area contributed by atoms with Crippen LogP contribution in [0.4, 0.5) is 5.69 Å². The molecule has 1 aromatic heterocycles. The molecule has 0 radical (unpaired) electrons. The molecular weight excluding hydrogens is 396 g/mol. The summed E-state index contributed by atoms with van der Waals surface area (Å²) in [4.78, 5) is 12.3. The van der Waals surface area contributed by atoms with E-state index in [1.807, 2.05) is 12.1 Å². The fourth-order valence-electron chi connectivity index (χ4n) is 2.63. The summed E-state index contributed by atoms with van der Waals surface area (Å²) in [5, 5.41) is 15.3. The molecule has 0 fully saturated rings. The maximum absolute atomic E-state index is 12.3. The van der Waals surface area contributed by atoms with Crippen LogP contribution < -0.4 is 10.6 Å². The number of carbonyl (C=O) groups is 1. The first-order chi connectivity index (χ1) is 13.5. The van der Waals surface area contributed by atoms with E-state index in [0.29, 0.717) is 33.4 Å². The summed E-state index contributed by atoms with van der Waals surface area (Å²) in [6.07, 6.45) is 0.915. The Morgan fingerprint density at radius 1 is 1.14 bits per heavy atom. The fourth-order valence-corrected chi connectivity index (χ4v) is 3.11. The Labute approximate surface area is 173 Å². The van der Waals surface area contributed by atoms with Crippen molar-refractivity contribution in [3.63, 3.8) is 0 Å². The Hall–Kier alpha value is -2.67. The number of hydrogen-bond acceptors (Lipinski definition) is 4. The van der Waals surface area contributed by atoms with Crippen molar-refractivity contribution in [3.8, 4) is 11.3 Å². The molecule has 144 valence electrons. The quantitative estimate of drug-likeness (QED) is 0.524. The van der Waals surface area contributed by atoms with Crippen molar-refractivity contribution in [2.75, 3.05) is 5.32 Å². The summed E-state index contributed by atoms with van der Waals surface area (Å²) < 4.78 is 5.50. The smallest absolute Gasteiger partial charge is 0.257 e. The maximum Gasteiger partial charge on any atom is 0.257 e. The van der Waals surface area contributed by atoms with Crippen LogP contribution in [0.2, 0.25) is 5.02 Å². The van der Waals surface area contributed by atoms with Crippen LogP contribution in [0.15, 0.2) is 59.0 Å². The molecule has 2 aromatic carbocycles. The monoisotopic (exact) mass is 414 g/mol. The summed E-state index contributed by atoms with van der Waals surface area (Å²) in [5.74, 6) is 0.742. The Morgan fingerprint density at radius 2 is 1.89 bits per heavy atom. The van der Waals surface area contributed by atoms with E-state index in [9.17, 15) is 4.79 Å². The first-order valence-electron chi connectivity index (χ1n) is 8.71. The van der Waals surface area contributed by atoms with Gasteiger partial charge in [-0.05, 0) is 66.7 Å². The number of aliphatic hydroxyl groups is 1. The lowest BCUT2D eigenvalue weighted by Crippen LogP contribution is -2.34. The molecule has 5 nitrogen and oxygen atoms in total. The largest absolute Gasteiger partial charge is 0.459 e. The topological polar surface area (TPSA) is 74.5 Å². The average molecular weight is 415 g/mol. The second-order valence-corrected chi connectivity index (χ2v) is 6.89. The predicted molar refractivity (Wildman–Crippen MR) is 115 cm³/mol. The average Bonchev–Trinajstić information content (AvgIpc) is 3.17. The van der Waals surface area contributed by atoms with E-state index in [-0.39, 0.29) is 17.6 Å². The first-order valence-corrected chi connectivity index (χ1v) is 9.49. The highest BCUT2D eigenvalue weighted by Gasteiger charge is 2.11. The molecule has 3 aromatic rings. The van der Waals surface area contributed by atoms with Crippen molar-refractivity contribution in [1.29, 1.82) is 0 Å². The first kappa shape index (κ1) is 20.1. The van der Waals surface area contributed by atoms with Crippen molar-refractivity contribution >= 4 is 40.5 Å². The zero-order valence-electron chi connectivity index (χ0n) is 15.2. The molecule has 0 aliphatic heterocycles. The summed E-state index contributed by atoms with van der Waals surface area (Å²) in [7, 11) is 0. The molecule has 0 aliphatic rings. The molecule has 1 heterocycles. The van der Waals surface area contributed by atoms with Crippen LogP contribution >= 0.6 is 23.8 Å². The third kappa shape index (κ3) is 4.78. The van der Waals surface area contributed by atoms with Crippen LogP contribution in [0.3, 0.4) is 0 Å². The van der Waals surface area contributed by atoms with E-state index in [2.05, 4.69) is 17.6 Å². The van der Waals surface area contributed by atoms with E-state index in [1.54, 1.807) is 42.5 Å². The van der Waals surface area contributed by atoms with Gasteiger partial charge in [0, 0.05) is 16.8 Å². The van der Waals surface area contributed by atoms with Gasteiger partial charge < -0.3 is 14.8 Å². The third-order valence-corrected chi connectivity index (χ3v) is 4.68. The van der Waals surface area contributed by atoms with E-state index in [4.69, 9.17) is 33.3 Å². The molecule has 0 saturated carbocycles. The van der Waals surface area contributed by atoms with Crippen molar-refractivity contribution in [2.24, 2.45) is 0 Å². The molecule has 0 atom stereocenters. The number of rotatable bonds is 5. The normalized spacial score (nSPS) is 10.5. The van der Waals surface area contributed by atoms with Crippen LogP contribution in [-0.4, -0.2) is 16.1 Å². The van der Waals surface area contributed by atoms with Crippen molar-refractivity contribution in [2.45, 2.75) is 20.0 Å². The van der Waals surface area contributed by atoms with E-state index in [0.717, 1.165) is 12.0 Å². The molecule has 0 spiro atoms. The lowest BCUT2D eigenvalue weighted by atomic mass is 10.1. The van der Waals surface area contributed by atoms with Crippen LogP contribution in [0.5, 0.6) is 0 Å². The molecule has 0 saturated heterocycles. The number of furan rings is 1. The number of amides is 1. The molecular formula is C21H19ClN2O3S. The summed E-state index contributed by atoms with van der Waals surface area (Å²) in [5.41, 5.74) is 3.02. The summed E-state index contributed by atoms with van der Waals surface area (Å²) in [6, 6.07) is 16.0. The highest BCUT2D eigenvalue weighted by Crippen LogP contribution is 2.31. The maximum atomic E-state index is 12.3. The van der Waals surface area contributed by atoms with Gasteiger partial charge in [-0.1, -0.05) is 30.7 Å². The standard InChI is InChI=1S/C21H19ClN2O3S/c1-2-13-3-5-14(6-4-13)20(26)24-21(28)23-15-7-9-17(18(22)11-15)19-10-8-16(12-25)27-19/h3-11,25H,2,12H2,1H3,(H2,23,24,26,28). The number of aliphatic hydroxyl groups excluding tert-OH is 1. The summed E-state index contributed by atoms with van der Waals surface area (Å²) >= 11 is 11.6. The second kappa shape index (κ2) is 9.01. The number of aryl methyl sites for hydroxylation is 1. The molecule has 0 aliphatic carbocycles. The molecule has 0 unspecified atom stereocenters. The zero-order chi connectivity index (χ0) is 20.1. The van der Waals surface area contributed by atoms with Gasteiger partial charge in [0.1, 0.15) is 18.1 Å². The Morgan fingerprint density at radius 3 is 2.50 bits per heavy atom. The Bertz CT molecular complexity index is 999. The van der Waals surface area contributed by atoms with Crippen molar-refractivity contribution in [1.82, 2.24) is 5.32 Å². The highest BCUT2D eigenvalue weighted by molar-refractivity contribution is 7.80. The van der Waals surface area contributed by atoms with Crippen LogP contribution in [0.1, 0.15) is 28.6 Å². The van der Waals surface area contributed by atoms with Crippen molar-refractivity contribution < 1.29 is 14.3 Å². The summed E-state index contributed by atoms with van der Waals surface area (Å²) in [6.45, 7) is 1.88. The van der Waals surface area contributed by atoms with Gasteiger partial charge in [-0.3, -0.25) is 10.1 Å². The van der Waals surface area contributed by atoms with Gasteiger partial charge in [0.05, 0.1) is 5.02 Å². The lowest BCUT2D eigenvalue weighted by molar-refractivity contribution is 0.0977. The number of hydrogen-bond donors (Lipinski definition) is 3. The highest BCUT2D eigenvalue weighted by atomic mass is 35.5. The Balaban J connectivity index is 1.65. The van der Waals surface area contributed by atoms with Crippen LogP contribution in [0, 0.1) is 0 Å². The molecule has 7 heteroatoms. The van der Waals surface area contributed by atoms with Crippen molar-refractivity contribution in [3.05, 3.63) is 76.5 Å². The number of anilines is 1. The zero-order valence-corrected chi connectivity index (χ0v) is 16.7. The molecule has 3 rings (SSSR count). The SMILES string of the molecule is CCc1ccc(C(=O)NC(=S)Nc2ccc(-c3ccc(CO)o3)c(Cl)c2)cc1. The number of carbonyl (C=O) groups excluding carboxylic acids is 1. The van der Waals surface area contributed by atoms with Gasteiger partial charge in [-0.15, -0.1) is 0 Å². The van der Waals surface area contributed by atoms with Gasteiger partial charge in [0.15, 0.2) is 5.11 Å². The lowest BCUT2D eigenvalue weighted by Gasteiger charge is -2.11. The van der Waals surface area contributed by atoms with Gasteiger partial charge in [-0.2, -0.15) is 0 Å². The van der Waals surface area contributed by atoms with Gasteiger partial charge in [0.2, 0.25) is 0 Å². The number of thiocarbonyl (C=S) groups is 1. The Kier molecular flexibility index (Phi) is 6.46. The minimum Gasteiger partial charge on any atom is -0.459 e. The minimum absolute atomic E-state index is 0.174. The van der Waals surface area contributed by atoms with E-state index in [1.165, 1.54) is 0 Å². The third-order valence-electron chi connectivity index (χ3n) is 4.16. The van der Waals surface area contributed by atoms with Gasteiger partial charge in [-0.25, -0.2) is 0 Å². The number of halogens is 1. The van der Waals surface area contributed by atoms with E-state index >= 15 is 0 Å². The molecule has 3 N–H and O–H groups in total. The number of benzene rings is 2. The number of nitrogens with one attached hydrogen (secondary N) is 2.